The second kappa shape index (κ2) is 8.51. The molecule has 0 aliphatic carbocycles. The number of hydrogen-bond acceptors (Lipinski definition) is 4. The van der Waals surface area contributed by atoms with Crippen LogP contribution in [0.2, 0.25) is 0 Å². The van der Waals surface area contributed by atoms with Crippen LogP contribution in [0, 0.1) is 0 Å². The Kier molecular flexibility index (Phi) is 7.36. The summed E-state index contributed by atoms with van der Waals surface area (Å²) in [5, 5.41) is 0. The van der Waals surface area contributed by atoms with Gasteiger partial charge in [-0.05, 0) is 25.1 Å². The first-order chi connectivity index (χ1) is 9.02. The molecule has 106 valence electrons. The minimum absolute atomic E-state index is 0.100. The lowest BCUT2D eigenvalue weighted by Gasteiger charge is -2.12. The van der Waals surface area contributed by atoms with Gasteiger partial charge >= 0.3 is 5.97 Å². The first kappa shape index (κ1) is 16.4. The molecule has 1 rings (SSSR count). The van der Waals surface area contributed by atoms with Crippen molar-refractivity contribution in [3.05, 3.63) is 28.2 Å². The van der Waals surface area contributed by atoms with E-state index < -0.39 is 0 Å². The van der Waals surface area contributed by atoms with E-state index in [4.69, 9.17) is 9.47 Å². The number of esters is 1. The molecule has 0 aromatic heterocycles. The van der Waals surface area contributed by atoms with Crippen molar-refractivity contribution in [2.45, 2.75) is 19.2 Å². The largest absolute Gasteiger partial charge is 0.491 e. The number of ether oxygens (including phenoxy) is 3. The maximum atomic E-state index is 11.3. The van der Waals surface area contributed by atoms with E-state index in [9.17, 15) is 4.79 Å². The van der Waals surface area contributed by atoms with E-state index in [1.807, 2.05) is 25.1 Å². The minimum atomic E-state index is -0.294. The minimum Gasteiger partial charge on any atom is -0.491 e. The number of carbonyl (C=O) groups is 1. The fourth-order valence-corrected chi connectivity index (χ4v) is 1.98. The zero-order valence-electron chi connectivity index (χ0n) is 11.0. The van der Waals surface area contributed by atoms with Crippen LogP contribution in [0.25, 0.3) is 0 Å². The molecule has 0 amide bonds. The number of hydrogen-bond donors (Lipinski definition) is 0. The fraction of sp³-hybridized carbons (Fsp3) is 0.462. The summed E-state index contributed by atoms with van der Waals surface area (Å²) < 4.78 is 16.6. The van der Waals surface area contributed by atoms with Gasteiger partial charge in [0.2, 0.25) is 0 Å². The zero-order chi connectivity index (χ0) is 14.3. The molecule has 6 heteroatoms. The summed E-state index contributed by atoms with van der Waals surface area (Å²) in [4.78, 5) is 11.3. The van der Waals surface area contributed by atoms with Gasteiger partial charge in [-0.25, -0.2) is 0 Å². The van der Waals surface area contributed by atoms with Gasteiger partial charge in [0.25, 0.3) is 0 Å². The third kappa shape index (κ3) is 6.37. The normalized spacial score (nSPS) is 12.0. The van der Waals surface area contributed by atoms with Crippen LogP contribution in [0.1, 0.15) is 12.5 Å². The Labute approximate surface area is 124 Å². The highest BCUT2D eigenvalue weighted by atomic mass is 79.9. The molecule has 0 saturated heterocycles. The molecular weight excluding hydrogens is 331 g/mol. The van der Waals surface area contributed by atoms with Crippen LogP contribution in [-0.2, 0) is 20.7 Å². The first-order valence-electron chi connectivity index (χ1n) is 5.88. The Morgan fingerprint density at radius 1 is 1.42 bits per heavy atom. The molecule has 0 N–H and O–H groups in total. The standard InChI is InChI=1S/C13H18BrO4P/c1-9(19)17-5-6-18-12-4-3-11(14)7-10(12)8-13(15)16-2/h3-4,7,9H,5-6,8,19H2,1-2H3. The van der Waals surface area contributed by atoms with Crippen molar-refractivity contribution in [3.8, 4) is 5.75 Å². The van der Waals surface area contributed by atoms with Gasteiger partial charge in [-0.3, -0.25) is 4.79 Å². The summed E-state index contributed by atoms with van der Waals surface area (Å²) in [6.07, 6.45) is 0.187. The Morgan fingerprint density at radius 2 is 2.16 bits per heavy atom. The van der Waals surface area contributed by atoms with E-state index in [1.165, 1.54) is 7.11 Å². The molecule has 1 aromatic rings. The lowest BCUT2D eigenvalue weighted by molar-refractivity contribution is -0.139. The van der Waals surface area contributed by atoms with Crippen LogP contribution in [0.3, 0.4) is 0 Å². The molecule has 2 unspecified atom stereocenters. The van der Waals surface area contributed by atoms with Crippen LogP contribution in [0.5, 0.6) is 5.75 Å². The average Bonchev–Trinajstić information content (AvgIpc) is 2.36. The molecule has 0 bridgehead atoms. The molecule has 4 nitrogen and oxygen atoms in total. The SMILES string of the molecule is COC(=O)Cc1cc(Br)ccc1OCCOC(C)P. The van der Waals surface area contributed by atoms with Crippen molar-refractivity contribution in [3.63, 3.8) is 0 Å². The van der Waals surface area contributed by atoms with Crippen molar-refractivity contribution >= 4 is 31.1 Å². The smallest absolute Gasteiger partial charge is 0.310 e. The van der Waals surface area contributed by atoms with Gasteiger partial charge < -0.3 is 14.2 Å². The summed E-state index contributed by atoms with van der Waals surface area (Å²) in [6.45, 7) is 2.87. The van der Waals surface area contributed by atoms with E-state index in [1.54, 1.807) is 0 Å². The van der Waals surface area contributed by atoms with Crippen LogP contribution in [0.15, 0.2) is 22.7 Å². The van der Waals surface area contributed by atoms with Gasteiger partial charge in [-0.15, -0.1) is 9.24 Å². The van der Waals surface area contributed by atoms with Gasteiger partial charge in [-0.1, -0.05) is 15.9 Å². The van der Waals surface area contributed by atoms with Gasteiger partial charge in [0.15, 0.2) is 0 Å². The molecule has 0 radical (unpaired) electrons. The Balaban J connectivity index is 2.63. The van der Waals surface area contributed by atoms with E-state index in [-0.39, 0.29) is 18.2 Å². The molecule has 0 aliphatic heterocycles. The van der Waals surface area contributed by atoms with Crippen molar-refractivity contribution < 1.29 is 19.0 Å². The average molecular weight is 349 g/mol. The number of carbonyl (C=O) groups excluding carboxylic acids is 1. The van der Waals surface area contributed by atoms with E-state index in [0.29, 0.717) is 19.0 Å². The highest BCUT2D eigenvalue weighted by molar-refractivity contribution is 9.10. The van der Waals surface area contributed by atoms with E-state index in [0.717, 1.165) is 10.0 Å². The monoisotopic (exact) mass is 348 g/mol. The molecule has 0 fully saturated rings. The summed E-state index contributed by atoms with van der Waals surface area (Å²) in [5.74, 6) is 0.481. The summed E-state index contributed by atoms with van der Waals surface area (Å²) >= 11 is 3.37. The van der Waals surface area contributed by atoms with E-state index in [2.05, 4.69) is 29.9 Å². The molecular formula is C13H18BrO4P. The molecule has 2 atom stereocenters. The van der Waals surface area contributed by atoms with Gasteiger partial charge in [0, 0.05) is 10.0 Å². The lowest BCUT2D eigenvalue weighted by atomic mass is 10.1. The second-order valence-corrected chi connectivity index (χ2v) is 5.78. The number of halogens is 1. The number of rotatable bonds is 7. The van der Waals surface area contributed by atoms with Crippen molar-refractivity contribution in [2.24, 2.45) is 0 Å². The van der Waals surface area contributed by atoms with Gasteiger partial charge in [-0.2, -0.15) is 0 Å². The van der Waals surface area contributed by atoms with Crippen molar-refractivity contribution in [2.75, 3.05) is 20.3 Å². The maximum Gasteiger partial charge on any atom is 0.310 e. The maximum absolute atomic E-state index is 11.3. The Morgan fingerprint density at radius 3 is 2.79 bits per heavy atom. The third-order valence-corrected chi connectivity index (χ3v) is 2.99. The fourth-order valence-electron chi connectivity index (χ4n) is 1.44. The second-order valence-electron chi connectivity index (χ2n) is 3.93. The highest BCUT2D eigenvalue weighted by Gasteiger charge is 2.10. The Hall–Kier alpha value is -0.640. The van der Waals surface area contributed by atoms with Crippen molar-refractivity contribution in [1.82, 2.24) is 0 Å². The summed E-state index contributed by atoms with van der Waals surface area (Å²) in [6, 6.07) is 5.55. The highest BCUT2D eigenvalue weighted by Crippen LogP contribution is 2.24. The lowest BCUT2D eigenvalue weighted by Crippen LogP contribution is -2.12. The Bertz CT molecular complexity index is 423. The third-order valence-electron chi connectivity index (χ3n) is 2.31. The predicted octanol–water partition coefficient (Wildman–Crippen LogP) is 2.78. The van der Waals surface area contributed by atoms with Crippen LogP contribution in [-0.4, -0.2) is 32.1 Å². The number of methoxy groups -OCH3 is 1. The quantitative estimate of drug-likeness (QED) is 0.431. The zero-order valence-corrected chi connectivity index (χ0v) is 13.8. The first-order valence-corrected chi connectivity index (χ1v) is 7.34. The summed E-state index contributed by atoms with van der Waals surface area (Å²) in [7, 11) is 3.93. The molecule has 0 spiro atoms. The molecule has 19 heavy (non-hydrogen) atoms. The van der Waals surface area contributed by atoms with E-state index >= 15 is 0 Å². The van der Waals surface area contributed by atoms with Crippen molar-refractivity contribution in [1.29, 1.82) is 0 Å². The summed E-state index contributed by atoms with van der Waals surface area (Å²) in [5.41, 5.74) is 0.792. The van der Waals surface area contributed by atoms with Crippen LogP contribution in [0.4, 0.5) is 0 Å². The van der Waals surface area contributed by atoms with Crippen LogP contribution >= 0.6 is 25.2 Å². The van der Waals surface area contributed by atoms with Gasteiger partial charge in [0.05, 0.1) is 26.0 Å². The molecule has 0 heterocycles. The predicted molar refractivity (Wildman–Crippen MR) is 80.5 cm³/mol. The van der Waals surface area contributed by atoms with Crippen LogP contribution < -0.4 is 4.74 Å². The molecule has 0 saturated carbocycles. The number of benzene rings is 1. The molecule has 0 aliphatic rings. The topological polar surface area (TPSA) is 44.8 Å². The molecule has 1 aromatic carbocycles. The van der Waals surface area contributed by atoms with Gasteiger partial charge in [0.1, 0.15) is 12.4 Å².